The van der Waals surface area contributed by atoms with Crippen molar-refractivity contribution in [2.45, 2.75) is 44.6 Å². The van der Waals surface area contributed by atoms with Gasteiger partial charge in [0.05, 0.1) is 5.92 Å². The Labute approximate surface area is 181 Å². The SMILES string of the molecule is CC(=O)N1CCC[C@]1(Cc1cc(-c2ccccc2)no1)C(=O)N1CCC[C@@H](C(N)=O)C1. The fourth-order valence-corrected chi connectivity index (χ4v) is 4.94. The highest BCUT2D eigenvalue weighted by atomic mass is 16.5. The summed E-state index contributed by atoms with van der Waals surface area (Å²) in [5, 5.41) is 4.17. The molecule has 8 nitrogen and oxygen atoms in total. The second-order valence-corrected chi connectivity index (χ2v) is 8.52. The van der Waals surface area contributed by atoms with Gasteiger partial charge in [-0.1, -0.05) is 35.5 Å². The quantitative estimate of drug-likeness (QED) is 0.789. The van der Waals surface area contributed by atoms with Crippen molar-refractivity contribution in [3.8, 4) is 11.3 Å². The first-order chi connectivity index (χ1) is 14.9. The topological polar surface area (TPSA) is 110 Å². The van der Waals surface area contributed by atoms with Gasteiger partial charge < -0.3 is 20.1 Å². The van der Waals surface area contributed by atoms with E-state index in [1.54, 1.807) is 9.80 Å². The van der Waals surface area contributed by atoms with Gasteiger partial charge in [-0.3, -0.25) is 14.4 Å². The van der Waals surface area contributed by atoms with E-state index in [9.17, 15) is 14.4 Å². The molecule has 0 saturated carbocycles. The van der Waals surface area contributed by atoms with E-state index in [2.05, 4.69) is 5.16 Å². The van der Waals surface area contributed by atoms with Crippen LogP contribution in [0.2, 0.25) is 0 Å². The average Bonchev–Trinajstić information content (AvgIpc) is 3.42. The van der Waals surface area contributed by atoms with Crippen LogP contribution in [0, 0.1) is 5.92 Å². The first-order valence-corrected chi connectivity index (χ1v) is 10.8. The van der Waals surface area contributed by atoms with Crippen molar-refractivity contribution in [1.29, 1.82) is 0 Å². The predicted octanol–water partition coefficient (Wildman–Crippen LogP) is 1.99. The molecule has 8 heteroatoms. The summed E-state index contributed by atoms with van der Waals surface area (Å²) in [4.78, 5) is 41.4. The molecule has 1 aromatic carbocycles. The van der Waals surface area contributed by atoms with E-state index < -0.39 is 5.54 Å². The number of primary amides is 1. The number of benzene rings is 1. The molecule has 2 aliphatic rings. The van der Waals surface area contributed by atoms with E-state index in [0.29, 0.717) is 43.9 Å². The Kier molecular flexibility index (Phi) is 5.80. The average molecular weight is 425 g/mol. The van der Waals surface area contributed by atoms with E-state index in [4.69, 9.17) is 10.3 Å². The molecule has 0 radical (unpaired) electrons. The zero-order valence-corrected chi connectivity index (χ0v) is 17.8. The van der Waals surface area contributed by atoms with E-state index in [-0.39, 0.29) is 30.1 Å². The van der Waals surface area contributed by atoms with Gasteiger partial charge in [0.25, 0.3) is 0 Å². The van der Waals surface area contributed by atoms with E-state index in [1.807, 2.05) is 36.4 Å². The molecule has 0 aliphatic carbocycles. The van der Waals surface area contributed by atoms with Gasteiger partial charge in [-0.2, -0.15) is 0 Å². The smallest absolute Gasteiger partial charge is 0.249 e. The summed E-state index contributed by atoms with van der Waals surface area (Å²) in [7, 11) is 0. The molecule has 3 heterocycles. The first-order valence-electron chi connectivity index (χ1n) is 10.8. The lowest BCUT2D eigenvalue weighted by Gasteiger charge is -2.42. The normalized spacial score (nSPS) is 23.7. The van der Waals surface area contributed by atoms with Crippen LogP contribution in [-0.2, 0) is 20.8 Å². The van der Waals surface area contributed by atoms with Crippen molar-refractivity contribution >= 4 is 17.7 Å². The van der Waals surface area contributed by atoms with E-state index in [1.165, 1.54) is 6.92 Å². The van der Waals surface area contributed by atoms with Gasteiger partial charge in [-0.25, -0.2) is 0 Å². The van der Waals surface area contributed by atoms with E-state index >= 15 is 0 Å². The molecule has 4 rings (SSSR count). The molecule has 164 valence electrons. The van der Waals surface area contributed by atoms with E-state index in [0.717, 1.165) is 18.4 Å². The molecule has 0 unspecified atom stereocenters. The fourth-order valence-electron chi connectivity index (χ4n) is 4.94. The molecule has 3 amide bonds. The lowest BCUT2D eigenvalue weighted by Crippen LogP contribution is -2.61. The van der Waals surface area contributed by atoms with Crippen LogP contribution in [-0.4, -0.2) is 57.9 Å². The zero-order chi connectivity index (χ0) is 22.0. The molecule has 2 N–H and O–H groups in total. The molecule has 2 fully saturated rings. The highest BCUT2D eigenvalue weighted by Gasteiger charge is 2.51. The molecular weight excluding hydrogens is 396 g/mol. The van der Waals surface area contributed by atoms with Crippen molar-refractivity contribution in [2.24, 2.45) is 11.7 Å². The van der Waals surface area contributed by atoms with Crippen molar-refractivity contribution in [3.63, 3.8) is 0 Å². The zero-order valence-electron chi connectivity index (χ0n) is 17.8. The van der Waals surface area contributed by atoms with Crippen LogP contribution in [0.5, 0.6) is 0 Å². The molecule has 2 saturated heterocycles. The summed E-state index contributed by atoms with van der Waals surface area (Å²) < 4.78 is 5.60. The molecule has 2 aromatic rings. The number of carbonyl (C=O) groups excluding carboxylic acids is 3. The van der Waals surface area contributed by atoms with Gasteiger partial charge >= 0.3 is 0 Å². The van der Waals surface area contributed by atoms with Crippen molar-refractivity contribution in [3.05, 3.63) is 42.2 Å². The van der Waals surface area contributed by atoms with Crippen LogP contribution in [0.4, 0.5) is 0 Å². The van der Waals surface area contributed by atoms with Gasteiger partial charge in [0, 0.05) is 44.6 Å². The standard InChI is InChI=1S/C23H28N4O4/c1-16(28)27-12-6-10-23(27,22(30)26-11-5-9-18(15-26)21(24)29)14-19-13-20(25-31-19)17-7-3-2-4-8-17/h2-4,7-8,13,18H,5-6,9-12,14-15H2,1H3,(H2,24,29)/t18-,23+/m1/s1. The third-order valence-electron chi connectivity index (χ3n) is 6.47. The Morgan fingerprint density at radius 2 is 1.97 bits per heavy atom. The first kappa shape index (κ1) is 21.1. The number of likely N-dealkylation sites (tertiary alicyclic amines) is 2. The van der Waals surface area contributed by atoms with Gasteiger partial charge in [0.1, 0.15) is 17.0 Å². The Balaban J connectivity index is 1.63. The minimum atomic E-state index is -1.03. The maximum Gasteiger partial charge on any atom is 0.249 e. The van der Waals surface area contributed by atoms with Crippen molar-refractivity contribution in [2.75, 3.05) is 19.6 Å². The summed E-state index contributed by atoms with van der Waals surface area (Å²) in [6, 6.07) is 11.5. The summed E-state index contributed by atoms with van der Waals surface area (Å²) in [6.45, 7) is 2.87. The number of aromatic nitrogens is 1. The minimum Gasteiger partial charge on any atom is -0.369 e. The van der Waals surface area contributed by atoms with Crippen LogP contribution < -0.4 is 5.73 Å². The highest BCUT2D eigenvalue weighted by Crippen LogP contribution is 2.36. The van der Waals surface area contributed by atoms with Crippen LogP contribution in [0.15, 0.2) is 40.9 Å². The lowest BCUT2D eigenvalue weighted by atomic mass is 9.86. The summed E-state index contributed by atoms with van der Waals surface area (Å²) >= 11 is 0. The molecule has 0 spiro atoms. The number of nitrogens with zero attached hydrogens (tertiary/aromatic N) is 3. The van der Waals surface area contributed by atoms with Crippen molar-refractivity contribution < 1.29 is 18.9 Å². The second-order valence-electron chi connectivity index (χ2n) is 8.52. The third kappa shape index (κ3) is 4.06. The summed E-state index contributed by atoms with van der Waals surface area (Å²) in [6.07, 6.45) is 2.94. The Morgan fingerprint density at radius 1 is 1.19 bits per heavy atom. The minimum absolute atomic E-state index is 0.135. The number of piperidine rings is 1. The van der Waals surface area contributed by atoms with Gasteiger partial charge in [-0.15, -0.1) is 0 Å². The molecule has 2 atom stereocenters. The number of carbonyl (C=O) groups is 3. The highest BCUT2D eigenvalue weighted by molar-refractivity contribution is 5.92. The number of nitrogens with two attached hydrogens (primary N) is 1. The molecule has 1 aromatic heterocycles. The van der Waals surface area contributed by atoms with Gasteiger partial charge in [-0.05, 0) is 25.7 Å². The molecule has 2 aliphatic heterocycles. The van der Waals surface area contributed by atoms with Crippen LogP contribution >= 0.6 is 0 Å². The largest absolute Gasteiger partial charge is 0.369 e. The van der Waals surface area contributed by atoms with Crippen LogP contribution in [0.25, 0.3) is 11.3 Å². The Morgan fingerprint density at radius 3 is 2.68 bits per heavy atom. The van der Waals surface area contributed by atoms with Crippen LogP contribution in [0.3, 0.4) is 0 Å². The predicted molar refractivity (Wildman–Crippen MR) is 113 cm³/mol. The Hall–Kier alpha value is -3.16. The maximum absolute atomic E-state index is 13.8. The molecule has 31 heavy (non-hydrogen) atoms. The number of amides is 3. The second kappa shape index (κ2) is 8.53. The molecular formula is C23H28N4O4. The van der Waals surface area contributed by atoms with Gasteiger partial charge in [0.15, 0.2) is 0 Å². The number of hydrogen-bond acceptors (Lipinski definition) is 5. The summed E-state index contributed by atoms with van der Waals surface area (Å²) in [5.74, 6) is -0.453. The van der Waals surface area contributed by atoms with Crippen molar-refractivity contribution in [1.82, 2.24) is 15.0 Å². The third-order valence-corrected chi connectivity index (χ3v) is 6.47. The molecule has 0 bridgehead atoms. The Bertz CT molecular complexity index is 973. The monoisotopic (exact) mass is 424 g/mol. The number of hydrogen-bond donors (Lipinski definition) is 1. The number of rotatable bonds is 5. The van der Waals surface area contributed by atoms with Gasteiger partial charge in [0.2, 0.25) is 17.7 Å². The fraction of sp³-hybridized carbons (Fsp3) is 0.478. The van der Waals surface area contributed by atoms with Crippen LogP contribution in [0.1, 0.15) is 38.4 Å². The summed E-state index contributed by atoms with van der Waals surface area (Å²) in [5.41, 5.74) is 6.10. The lowest BCUT2D eigenvalue weighted by molar-refractivity contribution is -0.152. The maximum atomic E-state index is 13.8.